The van der Waals surface area contributed by atoms with E-state index in [-0.39, 0.29) is 42.1 Å². The van der Waals surface area contributed by atoms with E-state index in [0.717, 1.165) is 13.0 Å². The molecule has 55 heavy (non-hydrogen) atoms. The van der Waals surface area contributed by atoms with Gasteiger partial charge < -0.3 is 95.0 Å². The zero-order chi connectivity index (χ0) is 40.3. The average Bonchev–Trinajstić information content (AvgIpc) is 3.14. The first-order chi connectivity index (χ1) is 25.5. The maximum absolute atomic E-state index is 12.7. The number of hydrogen-bond acceptors (Lipinski definition) is 21. The predicted molar refractivity (Wildman–Crippen MR) is 178 cm³/mol. The molecule has 0 spiro atoms. The number of aliphatic carboxylic acids is 1. The SMILES string of the molecule is C=CC(=O)NCCSCCCO[C@@H]1O[C@H](CO)[C@@H](O[C@@H]2O[C@H](CO)[C@H](O)[C@H](O[C@]3(C(=O)O)C[C@H](O)[C@@H](N=C(C)[O-])[C@H]([C@H](O)[C@H](O)CO)O3)[C@H]2O)[C@H](O)[C@H]1O.[Na+]. The molecule has 0 aromatic carbocycles. The van der Waals surface area contributed by atoms with E-state index in [2.05, 4.69) is 16.9 Å². The fourth-order valence-electron chi connectivity index (χ4n) is 6.00. The van der Waals surface area contributed by atoms with Gasteiger partial charge in [-0.1, -0.05) is 6.58 Å². The fraction of sp³-hybridized carbons (Fsp3) is 0.839. The molecule has 0 radical (unpaired) electrons. The number of hydrogen-bond donors (Lipinski definition) is 12. The number of nitrogens with one attached hydrogen (secondary N) is 1. The molecule has 3 saturated heterocycles. The Morgan fingerprint density at radius 2 is 1.65 bits per heavy atom. The summed E-state index contributed by atoms with van der Waals surface area (Å²) < 4.78 is 33.5. The topological polar surface area (TPSA) is 360 Å². The van der Waals surface area contributed by atoms with E-state index >= 15 is 0 Å². The molecule has 3 aliphatic heterocycles. The van der Waals surface area contributed by atoms with Gasteiger partial charge >= 0.3 is 35.5 Å². The molecule has 22 nitrogen and oxygen atoms in total. The molecule has 0 aromatic rings. The summed E-state index contributed by atoms with van der Waals surface area (Å²) in [6.45, 7) is 1.97. The minimum atomic E-state index is -3.06. The number of carbonyl (C=O) groups excluding carboxylic acids is 1. The molecule has 0 aromatic heterocycles. The molecule has 3 aliphatic rings. The van der Waals surface area contributed by atoms with Crippen molar-refractivity contribution in [1.29, 1.82) is 0 Å². The second-order valence-electron chi connectivity index (χ2n) is 12.7. The first-order valence-electron chi connectivity index (χ1n) is 17.0. The third-order valence-electron chi connectivity index (χ3n) is 8.82. The van der Waals surface area contributed by atoms with Crippen LogP contribution in [0.2, 0.25) is 0 Å². The van der Waals surface area contributed by atoms with Crippen molar-refractivity contribution in [3.05, 3.63) is 12.7 Å². The van der Waals surface area contributed by atoms with Gasteiger partial charge in [0.2, 0.25) is 5.91 Å². The van der Waals surface area contributed by atoms with Crippen molar-refractivity contribution in [2.45, 2.75) is 117 Å². The minimum absolute atomic E-state index is 0. The second-order valence-corrected chi connectivity index (χ2v) is 13.9. The van der Waals surface area contributed by atoms with E-state index in [4.69, 9.17) is 28.4 Å². The van der Waals surface area contributed by atoms with E-state index in [1.165, 1.54) is 11.8 Å². The minimum Gasteiger partial charge on any atom is -0.862 e. The summed E-state index contributed by atoms with van der Waals surface area (Å²) in [6, 6.07) is -1.68. The molecule has 0 unspecified atom stereocenters. The Morgan fingerprint density at radius 3 is 2.24 bits per heavy atom. The number of aliphatic imine (C=N–C) groups is 1. The third kappa shape index (κ3) is 12.9. The normalized spacial score (nSPS) is 38.0. The van der Waals surface area contributed by atoms with Gasteiger partial charge in [0, 0.05) is 18.7 Å². The summed E-state index contributed by atoms with van der Waals surface area (Å²) in [5.41, 5.74) is 0. The van der Waals surface area contributed by atoms with Crippen LogP contribution in [0.5, 0.6) is 0 Å². The number of nitrogens with zero attached hydrogens (tertiary/aromatic N) is 1. The van der Waals surface area contributed by atoms with Crippen molar-refractivity contribution in [2.75, 3.05) is 44.5 Å². The molecular formula is C31H51N2NaO20S. The van der Waals surface area contributed by atoms with Crippen LogP contribution in [0.4, 0.5) is 0 Å². The van der Waals surface area contributed by atoms with Crippen LogP contribution in [0.15, 0.2) is 17.6 Å². The number of carboxylic acid groups (broad SMARTS) is 1. The number of ether oxygens (including phenoxy) is 6. The number of carbonyl (C=O) groups is 2. The summed E-state index contributed by atoms with van der Waals surface area (Å²) in [5, 5.41) is 130. The smallest absolute Gasteiger partial charge is 0.862 e. The van der Waals surface area contributed by atoms with Gasteiger partial charge in [-0.05, 0) is 31.1 Å². The number of rotatable bonds is 20. The summed E-state index contributed by atoms with van der Waals surface area (Å²) in [6.07, 6.45) is -25.7. The van der Waals surface area contributed by atoms with Crippen LogP contribution in [-0.4, -0.2) is 216 Å². The quantitative estimate of drug-likeness (QED) is 0.0178. The van der Waals surface area contributed by atoms with Crippen molar-refractivity contribution in [3.8, 4) is 0 Å². The molecule has 1 amide bonds. The van der Waals surface area contributed by atoms with Crippen LogP contribution in [0, 0.1) is 0 Å². The van der Waals surface area contributed by atoms with Crippen molar-refractivity contribution in [2.24, 2.45) is 4.99 Å². The van der Waals surface area contributed by atoms with E-state index in [9.17, 15) is 70.9 Å². The van der Waals surface area contributed by atoms with Gasteiger partial charge in [0.25, 0.3) is 5.79 Å². The standard InChI is InChI=1S/C31H52N2O20S.Na/c1-3-18(40)32-5-8-54-7-4-6-48-28-23(44)22(43)25(17(12-36)50-28)51-29-24(45)27(21(42)16(11-35)49-29)53-31(30(46)47)9-14(38)19(33-13(2)37)26(52-31)20(41)15(39)10-34;/h3,14-17,19-29,34-36,38-39,41-45H,1,4-12H2,2H3,(H,32,40)(H,33,37)(H,46,47);/q;+1/p-1/t14-,15+,16+,17+,19+,20+,21-,22+,23+,24+,25+,26+,27-,28+,29-,31-;/m0./s1. The number of carboxylic acids is 1. The van der Waals surface area contributed by atoms with Gasteiger partial charge in [-0.25, -0.2) is 4.79 Å². The van der Waals surface area contributed by atoms with Crippen molar-refractivity contribution >= 4 is 29.5 Å². The zero-order valence-electron chi connectivity index (χ0n) is 30.3. The summed E-state index contributed by atoms with van der Waals surface area (Å²) in [4.78, 5) is 27.5. The van der Waals surface area contributed by atoms with Crippen LogP contribution < -0.4 is 40.0 Å². The van der Waals surface area contributed by atoms with Crippen molar-refractivity contribution in [3.63, 3.8) is 0 Å². The number of amides is 1. The molecule has 3 heterocycles. The van der Waals surface area contributed by atoms with Crippen LogP contribution in [0.25, 0.3) is 0 Å². The summed E-state index contributed by atoms with van der Waals surface area (Å²) in [7, 11) is 0. The first-order valence-corrected chi connectivity index (χ1v) is 18.2. The molecule has 0 bridgehead atoms. The van der Waals surface area contributed by atoms with Gasteiger partial charge in [-0.3, -0.25) is 9.79 Å². The Balaban J connectivity index is 0.0000105. The van der Waals surface area contributed by atoms with Crippen LogP contribution in [0.1, 0.15) is 19.8 Å². The van der Waals surface area contributed by atoms with E-state index < -0.39 is 136 Å². The Morgan fingerprint density at radius 1 is 1.00 bits per heavy atom. The van der Waals surface area contributed by atoms with Gasteiger partial charge in [-0.2, -0.15) is 11.8 Å². The Bertz CT molecular complexity index is 1240. The molecule has 3 rings (SSSR count). The van der Waals surface area contributed by atoms with E-state index in [1.54, 1.807) is 0 Å². The van der Waals surface area contributed by atoms with Crippen LogP contribution in [0.3, 0.4) is 0 Å². The molecule has 0 aliphatic carbocycles. The molecule has 312 valence electrons. The van der Waals surface area contributed by atoms with Crippen molar-refractivity contribution < 1.29 is 129 Å². The van der Waals surface area contributed by atoms with Gasteiger partial charge in [0.05, 0.1) is 32.5 Å². The number of thioether (sulfide) groups is 1. The Labute approximate surface area is 341 Å². The van der Waals surface area contributed by atoms with Crippen LogP contribution >= 0.6 is 11.8 Å². The monoisotopic (exact) mass is 826 g/mol. The van der Waals surface area contributed by atoms with Gasteiger partial charge in [0.15, 0.2) is 12.6 Å². The summed E-state index contributed by atoms with van der Waals surface area (Å²) in [5.74, 6) is -4.99. The van der Waals surface area contributed by atoms with E-state index in [1.807, 2.05) is 0 Å². The largest absolute Gasteiger partial charge is 1.00 e. The van der Waals surface area contributed by atoms with E-state index in [0.29, 0.717) is 24.5 Å². The maximum atomic E-state index is 12.7. The first kappa shape index (κ1) is 50.0. The summed E-state index contributed by atoms with van der Waals surface area (Å²) >= 11 is 1.51. The Kier molecular flexibility index (Phi) is 21.3. The van der Waals surface area contributed by atoms with Crippen LogP contribution in [-0.2, 0) is 38.0 Å². The number of aliphatic hydroxyl groups excluding tert-OH is 10. The second kappa shape index (κ2) is 23.5. The zero-order valence-corrected chi connectivity index (χ0v) is 33.1. The molecule has 3 fully saturated rings. The van der Waals surface area contributed by atoms with Gasteiger partial charge in [0.1, 0.15) is 73.2 Å². The molecule has 12 N–H and O–H groups in total. The molecule has 24 heteroatoms. The average molecular weight is 827 g/mol. The maximum Gasteiger partial charge on any atom is 1.00 e. The predicted octanol–water partition coefficient (Wildman–Crippen LogP) is -10.1. The molecule has 16 atom stereocenters. The fourth-order valence-corrected chi connectivity index (χ4v) is 6.78. The van der Waals surface area contributed by atoms with Gasteiger partial charge in [-0.15, -0.1) is 0 Å². The Hall–Kier alpha value is -1.14. The number of aliphatic hydroxyl groups is 10. The molecule has 0 saturated carbocycles. The molecular weight excluding hydrogens is 775 g/mol. The third-order valence-corrected chi connectivity index (χ3v) is 9.89. The van der Waals surface area contributed by atoms with Crippen molar-refractivity contribution in [1.82, 2.24) is 5.32 Å².